The monoisotopic (exact) mass is 403 g/mol. The van der Waals surface area contributed by atoms with Crippen molar-refractivity contribution in [3.8, 4) is 0 Å². The second kappa shape index (κ2) is 8.54. The maximum absolute atomic E-state index is 12.3. The van der Waals surface area contributed by atoms with E-state index in [1.165, 1.54) is 5.56 Å². The van der Waals surface area contributed by atoms with Crippen LogP contribution in [0.5, 0.6) is 0 Å². The molecule has 2 nitrogen and oxygen atoms in total. The molecule has 3 aromatic carbocycles. The Hall–Kier alpha value is -2.78. The van der Waals surface area contributed by atoms with Crippen molar-refractivity contribution in [3.63, 3.8) is 0 Å². The molecule has 0 amide bonds. The van der Waals surface area contributed by atoms with Gasteiger partial charge < -0.3 is 0 Å². The third kappa shape index (κ3) is 5.11. The molecule has 0 radical (unpaired) electrons. The molecule has 128 valence electrons. The normalized spacial score (nSPS) is 11.3. The van der Waals surface area contributed by atoms with Crippen LogP contribution in [0.15, 0.2) is 88.3 Å². The van der Waals surface area contributed by atoms with Gasteiger partial charge in [0.2, 0.25) is 0 Å². The number of nitrogens with zero attached hydrogens (tertiary/aromatic N) is 1. The first-order valence-corrected chi connectivity index (χ1v) is 9.08. The van der Waals surface area contributed by atoms with Crippen molar-refractivity contribution in [2.24, 2.45) is 4.99 Å². The predicted octanol–water partition coefficient (Wildman–Crippen LogP) is 6.40. The fraction of sp³-hybridized carbons (Fsp3) is 0.0435. The first-order valence-electron chi connectivity index (χ1n) is 8.29. The molecule has 0 aliphatic heterocycles. The van der Waals surface area contributed by atoms with Crippen molar-refractivity contribution < 1.29 is 4.79 Å². The van der Waals surface area contributed by atoms with Crippen molar-refractivity contribution in [2.45, 2.75) is 6.92 Å². The van der Waals surface area contributed by atoms with Gasteiger partial charge >= 0.3 is 0 Å². The SMILES string of the molecule is Cc1ccc(C=CC(=O)c2ccc(N=Cc3ccc(Br)cc3)cc2)cc1. The number of aryl methyl sites for hydroxylation is 1. The third-order valence-corrected chi connectivity index (χ3v) is 4.42. The Labute approximate surface area is 162 Å². The van der Waals surface area contributed by atoms with Gasteiger partial charge in [-0.2, -0.15) is 0 Å². The molecule has 0 aliphatic carbocycles. The van der Waals surface area contributed by atoms with Gasteiger partial charge in [0.25, 0.3) is 0 Å². The topological polar surface area (TPSA) is 29.4 Å². The molecule has 3 rings (SSSR count). The summed E-state index contributed by atoms with van der Waals surface area (Å²) in [4.78, 5) is 16.7. The minimum atomic E-state index is -0.0194. The van der Waals surface area contributed by atoms with E-state index >= 15 is 0 Å². The van der Waals surface area contributed by atoms with Gasteiger partial charge in [0, 0.05) is 16.3 Å². The van der Waals surface area contributed by atoms with Crippen molar-refractivity contribution >= 4 is 39.7 Å². The van der Waals surface area contributed by atoms with Crippen LogP contribution >= 0.6 is 15.9 Å². The molecule has 0 N–H and O–H groups in total. The zero-order valence-electron chi connectivity index (χ0n) is 14.4. The van der Waals surface area contributed by atoms with E-state index in [0.29, 0.717) is 5.56 Å². The fourth-order valence-electron chi connectivity index (χ4n) is 2.36. The highest BCUT2D eigenvalue weighted by Crippen LogP contribution is 2.15. The molecule has 0 aliphatic rings. The quantitative estimate of drug-likeness (QED) is 0.275. The number of allylic oxidation sites excluding steroid dienone is 1. The van der Waals surface area contributed by atoms with E-state index in [1.54, 1.807) is 24.4 Å². The van der Waals surface area contributed by atoms with Gasteiger partial charge in [-0.05, 0) is 60.5 Å². The molecular formula is C23H18BrNO. The average molecular weight is 404 g/mol. The summed E-state index contributed by atoms with van der Waals surface area (Å²) in [6.45, 7) is 2.04. The molecule has 0 fully saturated rings. The van der Waals surface area contributed by atoms with Crippen LogP contribution in [0.4, 0.5) is 5.69 Å². The Morgan fingerprint density at radius 3 is 2.12 bits per heavy atom. The molecule has 0 bridgehead atoms. The Bertz CT molecular complexity index is 937. The van der Waals surface area contributed by atoms with E-state index < -0.39 is 0 Å². The van der Waals surface area contributed by atoms with Crippen molar-refractivity contribution in [1.29, 1.82) is 0 Å². The lowest BCUT2D eigenvalue weighted by Crippen LogP contribution is -1.93. The minimum absolute atomic E-state index is 0.0194. The van der Waals surface area contributed by atoms with Gasteiger partial charge in [-0.25, -0.2) is 0 Å². The summed E-state index contributed by atoms with van der Waals surface area (Å²) < 4.78 is 1.04. The Kier molecular flexibility index (Phi) is 5.92. The number of carbonyl (C=O) groups is 1. The maximum Gasteiger partial charge on any atom is 0.185 e. The van der Waals surface area contributed by atoms with Crippen LogP contribution in [-0.2, 0) is 0 Å². The lowest BCUT2D eigenvalue weighted by atomic mass is 10.1. The van der Waals surface area contributed by atoms with E-state index in [2.05, 4.69) is 20.9 Å². The van der Waals surface area contributed by atoms with Crippen LogP contribution in [0.25, 0.3) is 6.08 Å². The predicted molar refractivity (Wildman–Crippen MR) is 112 cm³/mol. The van der Waals surface area contributed by atoms with Gasteiger partial charge in [0.05, 0.1) is 5.69 Å². The van der Waals surface area contributed by atoms with Crippen LogP contribution in [0, 0.1) is 6.92 Å². The first kappa shape index (κ1) is 18.0. The van der Waals surface area contributed by atoms with Crippen LogP contribution in [0.1, 0.15) is 27.0 Å². The number of aliphatic imine (C=N–C) groups is 1. The lowest BCUT2D eigenvalue weighted by Gasteiger charge is -1.99. The molecule has 0 unspecified atom stereocenters. The summed E-state index contributed by atoms with van der Waals surface area (Å²) in [7, 11) is 0. The van der Waals surface area contributed by atoms with Crippen LogP contribution in [-0.4, -0.2) is 12.0 Å². The van der Waals surface area contributed by atoms with E-state index in [0.717, 1.165) is 21.3 Å². The zero-order valence-corrected chi connectivity index (χ0v) is 16.0. The molecule has 0 spiro atoms. The average Bonchev–Trinajstić information content (AvgIpc) is 2.67. The van der Waals surface area contributed by atoms with E-state index in [-0.39, 0.29) is 5.78 Å². The fourth-order valence-corrected chi connectivity index (χ4v) is 2.62. The first-order chi connectivity index (χ1) is 12.6. The largest absolute Gasteiger partial charge is 0.289 e. The van der Waals surface area contributed by atoms with Gasteiger partial charge in [-0.1, -0.05) is 64.0 Å². The summed E-state index contributed by atoms with van der Waals surface area (Å²) >= 11 is 3.41. The zero-order chi connectivity index (χ0) is 18.4. The van der Waals surface area contributed by atoms with Crippen LogP contribution in [0.3, 0.4) is 0 Å². The lowest BCUT2D eigenvalue weighted by molar-refractivity contribution is 0.104. The second-order valence-corrected chi connectivity index (χ2v) is 6.88. The Balaban J connectivity index is 1.65. The number of ketones is 1. The molecule has 26 heavy (non-hydrogen) atoms. The maximum atomic E-state index is 12.3. The number of rotatable bonds is 5. The molecule has 3 aromatic rings. The van der Waals surface area contributed by atoms with Gasteiger partial charge in [-0.3, -0.25) is 9.79 Å². The van der Waals surface area contributed by atoms with Crippen LogP contribution < -0.4 is 0 Å². The van der Waals surface area contributed by atoms with Crippen LogP contribution in [0.2, 0.25) is 0 Å². The van der Waals surface area contributed by atoms with Gasteiger partial charge in [0.1, 0.15) is 0 Å². The Morgan fingerprint density at radius 2 is 1.46 bits per heavy atom. The highest BCUT2D eigenvalue weighted by molar-refractivity contribution is 9.10. The smallest absolute Gasteiger partial charge is 0.185 e. The van der Waals surface area contributed by atoms with Crippen molar-refractivity contribution in [2.75, 3.05) is 0 Å². The summed E-state index contributed by atoms with van der Waals surface area (Å²) in [5.41, 5.74) is 4.70. The number of hydrogen-bond acceptors (Lipinski definition) is 2. The summed E-state index contributed by atoms with van der Waals surface area (Å²) in [6, 6.07) is 23.3. The summed E-state index contributed by atoms with van der Waals surface area (Å²) in [5.74, 6) is -0.0194. The van der Waals surface area contributed by atoms with Gasteiger partial charge in [-0.15, -0.1) is 0 Å². The number of benzene rings is 3. The Morgan fingerprint density at radius 1 is 0.846 bits per heavy atom. The highest BCUT2D eigenvalue weighted by Gasteiger charge is 2.01. The van der Waals surface area contributed by atoms with E-state index in [9.17, 15) is 4.79 Å². The summed E-state index contributed by atoms with van der Waals surface area (Å²) in [5, 5.41) is 0. The standard InChI is InChI=1S/C23H18BrNO/c1-17-2-4-18(5-3-17)8-15-23(26)20-9-13-22(14-10-20)25-16-19-6-11-21(24)12-7-19/h2-16H,1H3. The molecule has 0 atom stereocenters. The van der Waals surface area contributed by atoms with Crippen molar-refractivity contribution in [3.05, 3.63) is 106 Å². The number of carbonyl (C=O) groups excluding carboxylic acids is 1. The van der Waals surface area contributed by atoms with E-state index in [1.807, 2.05) is 73.7 Å². The molecule has 0 saturated carbocycles. The highest BCUT2D eigenvalue weighted by atomic mass is 79.9. The second-order valence-electron chi connectivity index (χ2n) is 5.96. The molecule has 0 heterocycles. The van der Waals surface area contributed by atoms with E-state index in [4.69, 9.17) is 0 Å². The molecule has 0 saturated heterocycles. The number of hydrogen-bond donors (Lipinski definition) is 0. The van der Waals surface area contributed by atoms with Crippen molar-refractivity contribution in [1.82, 2.24) is 0 Å². The number of halogens is 1. The van der Waals surface area contributed by atoms with Gasteiger partial charge in [0.15, 0.2) is 5.78 Å². The summed E-state index contributed by atoms with van der Waals surface area (Å²) in [6.07, 6.45) is 5.24. The molecular weight excluding hydrogens is 386 g/mol. The molecule has 3 heteroatoms. The molecule has 0 aromatic heterocycles. The minimum Gasteiger partial charge on any atom is -0.289 e. The third-order valence-electron chi connectivity index (χ3n) is 3.89.